The smallest absolute Gasteiger partial charge is 0.225 e. The van der Waals surface area contributed by atoms with Crippen LogP contribution in [0.2, 0.25) is 0 Å². The summed E-state index contributed by atoms with van der Waals surface area (Å²) in [5.74, 6) is 1.81. The van der Waals surface area contributed by atoms with E-state index in [9.17, 15) is 4.57 Å². The van der Waals surface area contributed by atoms with Gasteiger partial charge in [0.2, 0.25) is 7.37 Å². The summed E-state index contributed by atoms with van der Waals surface area (Å²) in [6.07, 6.45) is 1.71. The third-order valence-corrected chi connectivity index (χ3v) is 4.08. The van der Waals surface area contributed by atoms with Crippen molar-refractivity contribution in [1.29, 1.82) is 0 Å². The second kappa shape index (κ2) is 3.12. The van der Waals surface area contributed by atoms with E-state index in [1.807, 2.05) is 26.6 Å². The molecule has 0 bridgehead atoms. The van der Waals surface area contributed by atoms with Gasteiger partial charge in [0, 0.05) is 6.16 Å². The average molecular weight is 174 g/mol. The number of rotatable bonds is 2. The van der Waals surface area contributed by atoms with Crippen molar-refractivity contribution in [2.75, 3.05) is 6.16 Å². The molecule has 11 heavy (non-hydrogen) atoms. The van der Waals surface area contributed by atoms with E-state index in [2.05, 4.69) is 0 Å². The van der Waals surface area contributed by atoms with Crippen LogP contribution in [-0.4, -0.2) is 12.3 Å². The molecule has 2 nitrogen and oxygen atoms in total. The van der Waals surface area contributed by atoms with Gasteiger partial charge < -0.3 is 4.52 Å². The molecule has 1 rings (SSSR count). The lowest BCUT2D eigenvalue weighted by Gasteiger charge is -2.12. The van der Waals surface area contributed by atoms with E-state index in [0.29, 0.717) is 6.16 Å². The number of hydrogen-bond acceptors (Lipinski definition) is 2. The highest BCUT2D eigenvalue weighted by Gasteiger charge is 2.26. The summed E-state index contributed by atoms with van der Waals surface area (Å²) in [5, 5.41) is 0. The van der Waals surface area contributed by atoms with Crippen LogP contribution in [0.4, 0.5) is 0 Å². The molecule has 0 amide bonds. The molecule has 0 radical (unpaired) electrons. The quantitative estimate of drug-likeness (QED) is 0.601. The van der Waals surface area contributed by atoms with Crippen LogP contribution in [0, 0.1) is 0 Å². The van der Waals surface area contributed by atoms with E-state index in [1.165, 1.54) is 5.57 Å². The highest BCUT2D eigenvalue weighted by Crippen LogP contribution is 2.55. The minimum atomic E-state index is -2.34. The second-order valence-electron chi connectivity index (χ2n) is 3.33. The second-order valence-corrected chi connectivity index (χ2v) is 5.70. The van der Waals surface area contributed by atoms with Crippen molar-refractivity contribution >= 4 is 7.37 Å². The van der Waals surface area contributed by atoms with E-state index in [0.717, 1.165) is 6.42 Å². The van der Waals surface area contributed by atoms with Gasteiger partial charge in [0.05, 0.1) is 6.10 Å². The Morgan fingerprint density at radius 1 is 1.64 bits per heavy atom. The minimum absolute atomic E-state index is 0.0722. The molecule has 64 valence electrons. The topological polar surface area (TPSA) is 26.3 Å². The molecule has 1 aliphatic heterocycles. The van der Waals surface area contributed by atoms with Crippen LogP contribution in [0.1, 0.15) is 27.2 Å². The van der Waals surface area contributed by atoms with Crippen molar-refractivity contribution in [3.05, 3.63) is 11.4 Å². The van der Waals surface area contributed by atoms with Gasteiger partial charge in [-0.25, -0.2) is 0 Å². The molecule has 1 heterocycles. The Balaban J connectivity index is 2.63. The number of allylic oxidation sites excluding steroid dienone is 1. The Bertz CT molecular complexity index is 218. The lowest BCUT2D eigenvalue weighted by molar-refractivity contribution is 0.249. The summed E-state index contributed by atoms with van der Waals surface area (Å²) in [5.41, 5.74) is 1.20. The predicted molar refractivity (Wildman–Crippen MR) is 47.1 cm³/mol. The molecular weight excluding hydrogens is 159 g/mol. The zero-order valence-electron chi connectivity index (χ0n) is 7.33. The maximum Gasteiger partial charge on any atom is 0.225 e. The van der Waals surface area contributed by atoms with E-state index >= 15 is 0 Å². The van der Waals surface area contributed by atoms with Crippen LogP contribution in [-0.2, 0) is 9.09 Å². The molecule has 0 aromatic carbocycles. The zero-order valence-corrected chi connectivity index (χ0v) is 8.23. The minimum Gasteiger partial charge on any atom is -0.323 e. The summed E-state index contributed by atoms with van der Waals surface area (Å²) in [7, 11) is -2.34. The SMILES string of the molecule is CC1=C[P@](=O)(OC(C)C)CC1. The molecule has 0 aromatic heterocycles. The van der Waals surface area contributed by atoms with Crippen LogP contribution in [0.25, 0.3) is 0 Å². The largest absolute Gasteiger partial charge is 0.323 e. The van der Waals surface area contributed by atoms with Gasteiger partial charge in [-0.3, -0.25) is 4.57 Å². The summed E-state index contributed by atoms with van der Waals surface area (Å²) >= 11 is 0. The normalized spacial score (nSPS) is 31.1. The molecule has 0 aromatic rings. The van der Waals surface area contributed by atoms with Crippen molar-refractivity contribution in [2.24, 2.45) is 0 Å². The van der Waals surface area contributed by atoms with Gasteiger partial charge in [0.15, 0.2) is 0 Å². The average Bonchev–Trinajstić information content (AvgIpc) is 2.08. The lowest BCUT2D eigenvalue weighted by atomic mass is 10.3. The van der Waals surface area contributed by atoms with Crippen LogP contribution in [0.15, 0.2) is 11.4 Å². The summed E-state index contributed by atoms with van der Waals surface area (Å²) in [6.45, 7) is 5.84. The van der Waals surface area contributed by atoms with Crippen molar-refractivity contribution in [3.63, 3.8) is 0 Å². The fourth-order valence-electron chi connectivity index (χ4n) is 1.24. The third kappa shape index (κ3) is 2.46. The predicted octanol–water partition coefficient (Wildman–Crippen LogP) is 3.00. The van der Waals surface area contributed by atoms with Crippen molar-refractivity contribution in [2.45, 2.75) is 33.3 Å². The molecule has 0 saturated heterocycles. The van der Waals surface area contributed by atoms with Gasteiger partial charge in [0.1, 0.15) is 0 Å². The highest BCUT2D eigenvalue weighted by atomic mass is 31.2. The molecule has 1 atom stereocenters. The standard InChI is InChI=1S/C8H15O2P/c1-7(2)10-11(9)5-4-8(3)6-11/h6-7H,4-5H2,1-3H3/t11-/m1/s1. The Labute approximate surface area is 68.1 Å². The third-order valence-electron chi connectivity index (χ3n) is 1.62. The molecule has 3 heteroatoms. The van der Waals surface area contributed by atoms with Gasteiger partial charge in [-0.15, -0.1) is 0 Å². The highest BCUT2D eigenvalue weighted by molar-refractivity contribution is 7.62. The Morgan fingerprint density at radius 2 is 2.27 bits per heavy atom. The van der Waals surface area contributed by atoms with Crippen LogP contribution >= 0.6 is 7.37 Å². The van der Waals surface area contributed by atoms with E-state index in [4.69, 9.17) is 4.52 Å². The maximum atomic E-state index is 11.7. The first-order valence-electron chi connectivity index (χ1n) is 3.97. The molecule has 0 fully saturated rings. The first-order valence-corrected chi connectivity index (χ1v) is 5.85. The van der Waals surface area contributed by atoms with Gasteiger partial charge in [0.25, 0.3) is 0 Å². The lowest BCUT2D eigenvalue weighted by Crippen LogP contribution is -1.99. The van der Waals surface area contributed by atoms with Crippen molar-refractivity contribution < 1.29 is 9.09 Å². The first-order chi connectivity index (χ1) is 5.02. The van der Waals surface area contributed by atoms with Crippen LogP contribution < -0.4 is 0 Å². The van der Waals surface area contributed by atoms with Crippen LogP contribution in [0.3, 0.4) is 0 Å². The fraction of sp³-hybridized carbons (Fsp3) is 0.750. The van der Waals surface area contributed by atoms with Crippen molar-refractivity contribution in [1.82, 2.24) is 0 Å². The van der Waals surface area contributed by atoms with Crippen LogP contribution in [0.5, 0.6) is 0 Å². The first kappa shape index (κ1) is 9.02. The monoisotopic (exact) mass is 174 g/mol. The fourth-order valence-corrected chi connectivity index (χ4v) is 3.71. The molecule has 1 aliphatic rings. The van der Waals surface area contributed by atoms with Gasteiger partial charge in [-0.1, -0.05) is 5.57 Å². The Morgan fingerprint density at radius 3 is 2.64 bits per heavy atom. The van der Waals surface area contributed by atoms with Gasteiger partial charge in [-0.2, -0.15) is 0 Å². The Kier molecular flexibility index (Phi) is 2.56. The Hall–Kier alpha value is -0.0700. The van der Waals surface area contributed by atoms with Gasteiger partial charge in [-0.05, 0) is 33.0 Å². The van der Waals surface area contributed by atoms with E-state index in [1.54, 1.807) is 0 Å². The molecule has 0 N–H and O–H groups in total. The summed E-state index contributed by atoms with van der Waals surface area (Å²) in [6, 6.07) is 0. The maximum absolute atomic E-state index is 11.7. The van der Waals surface area contributed by atoms with E-state index < -0.39 is 7.37 Å². The molecule has 0 spiro atoms. The summed E-state index contributed by atoms with van der Waals surface area (Å²) in [4.78, 5) is 0. The van der Waals surface area contributed by atoms with E-state index in [-0.39, 0.29) is 6.10 Å². The molecule has 0 unspecified atom stereocenters. The number of hydrogen-bond donors (Lipinski definition) is 0. The van der Waals surface area contributed by atoms with Gasteiger partial charge >= 0.3 is 0 Å². The summed E-state index contributed by atoms with van der Waals surface area (Å²) < 4.78 is 17.1. The molecule has 0 aliphatic carbocycles. The molecule has 0 saturated carbocycles. The molecular formula is C8H15O2P. The van der Waals surface area contributed by atoms with Crippen molar-refractivity contribution in [3.8, 4) is 0 Å². The zero-order chi connectivity index (χ0) is 8.48.